The summed E-state index contributed by atoms with van der Waals surface area (Å²) >= 11 is 0. The first-order valence-corrected chi connectivity index (χ1v) is 4.40. The van der Waals surface area contributed by atoms with Gasteiger partial charge in [0.15, 0.2) is 0 Å². The van der Waals surface area contributed by atoms with Gasteiger partial charge in [0.2, 0.25) is 0 Å². The summed E-state index contributed by atoms with van der Waals surface area (Å²) in [5.41, 5.74) is 0. The molecular weight excluding hydrogens is 156 g/mol. The van der Waals surface area contributed by atoms with Gasteiger partial charge < -0.3 is 10.1 Å². The lowest BCUT2D eigenvalue weighted by molar-refractivity contribution is 0.0702. The minimum Gasteiger partial charge on any atom is -0.445 e. The predicted octanol–water partition coefficient (Wildman–Crippen LogP) is 0.0465. The lowest BCUT2D eigenvalue weighted by atomic mass is 10.0. The number of hydrogen-bond donors (Lipinski definition) is 1. The van der Waals surface area contributed by atoms with E-state index in [2.05, 4.69) is 10.2 Å². The number of rotatable bonds is 1. The largest absolute Gasteiger partial charge is 0.445 e. The molecule has 0 radical (unpaired) electrons. The van der Waals surface area contributed by atoms with Crippen LogP contribution in [0.4, 0.5) is 4.79 Å². The summed E-state index contributed by atoms with van der Waals surface area (Å²) < 4.78 is 5.20. The van der Waals surface area contributed by atoms with Crippen molar-refractivity contribution in [3.8, 4) is 0 Å². The van der Waals surface area contributed by atoms with Crippen LogP contribution in [0.5, 0.6) is 0 Å². The Morgan fingerprint density at radius 2 is 2.42 bits per heavy atom. The highest BCUT2D eigenvalue weighted by Crippen LogP contribution is 2.29. The third-order valence-corrected chi connectivity index (χ3v) is 2.74. The maximum Gasteiger partial charge on any atom is 0.407 e. The molecule has 0 aromatic rings. The second-order valence-electron chi connectivity index (χ2n) is 3.50. The number of ether oxygens (including phenoxy) is 1. The Kier molecular flexibility index (Phi) is 1.92. The van der Waals surface area contributed by atoms with Crippen molar-refractivity contribution in [3.05, 3.63) is 0 Å². The molecule has 0 spiro atoms. The van der Waals surface area contributed by atoms with Gasteiger partial charge in [-0.15, -0.1) is 0 Å². The standard InChI is InChI=1S/C8H14N2O2/c1-9-8(11)12-7-5-10-3-2-6(7)4-10/h6-7H,2-5H2,1H3,(H,9,11)/t6-,7-/m0/s1. The average Bonchev–Trinajstić information content (AvgIpc) is 2.64. The molecule has 4 nitrogen and oxygen atoms in total. The maximum absolute atomic E-state index is 10.9. The number of fused-ring (bicyclic) bond motifs is 2. The zero-order valence-corrected chi connectivity index (χ0v) is 7.25. The SMILES string of the molecule is CNC(=O)O[C@H]1CN2CC[C@H]1C2. The molecule has 0 aromatic heterocycles. The molecule has 2 saturated heterocycles. The van der Waals surface area contributed by atoms with E-state index in [1.165, 1.54) is 13.0 Å². The molecule has 2 rings (SSSR count). The van der Waals surface area contributed by atoms with Gasteiger partial charge in [-0.2, -0.15) is 0 Å². The minimum atomic E-state index is -0.297. The van der Waals surface area contributed by atoms with Crippen LogP contribution in [0.1, 0.15) is 6.42 Å². The number of nitrogens with zero attached hydrogens (tertiary/aromatic N) is 1. The highest BCUT2D eigenvalue weighted by atomic mass is 16.6. The summed E-state index contributed by atoms with van der Waals surface area (Å²) in [5, 5.41) is 2.47. The van der Waals surface area contributed by atoms with E-state index in [0.717, 1.165) is 13.1 Å². The van der Waals surface area contributed by atoms with E-state index in [9.17, 15) is 4.79 Å². The van der Waals surface area contributed by atoms with E-state index in [1.54, 1.807) is 7.05 Å². The molecule has 2 aliphatic heterocycles. The molecule has 1 amide bonds. The Balaban J connectivity index is 1.86. The first-order chi connectivity index (χ1) is 5.79. The van der Waals surface area contributed by atoms with Gasteiger partial charge in [0.25, 0.3) is 0 Å². The summed E-state index contributed by atoms with van der Waals surface area (Å²) in [6, 6.07) is 0. The Morgan fingerprint density at radius 1 is 1.58 bits per heavy atom. The summed E-state index contributed by atoms with van der Waals surface area (Å²) in [6.45, 7) is 3.22. The van der Waals surface area contributed by atoms with Crippen LogP contribution in [0, 0.1) is 5.92 Å². The van der Waals surface area contributed by atoms with Crippen molar-refractivity contribution in [2.75, 3.05) is 26.7 Å². The van der Waals surface area contributed by atoms with Crippen LogP contribution >= 0.6 is 0 Å². The van der Waals surface area contributed by atoms with Crippen LogP contribution in [0.3, 0.4) is 0 Å². The normalized spacial score (nSPS) is 38.2. The zero-order chi connectivity index (χ0) is 8.55. The number of amides is 1. The van der Waals surface area contributed by atoms with E-state index < -0.39 is 0 Å². The van der Waals surface area contributed by atoms with Crippen molar-refractivity contribution in [2.24, 2.45) is 5.92 Å². The Morgan fingerprint density at radius 3 is 2.92 bits per heavy atom. The quantitative estimate of drug-likeness (QED) is 0.604. The van der Waals surface area contributed by atoms with E-state index >= 15 is 0 Å². The number of carbonyl (C=O) groups excluding carboxylic acids is 1. The van der Waals surface area contributed by atoms with Gasteiger partial charge in [0, 0.05) is 26.1 Å². The minimum absolute atomic E-state index is 0.138. The van der Waals surface area contributed by atoms with Crippen LogP contribution in [-0.2, 0) is 4.74 Å². The van der Waals surface area contributed by atoms with Gasteiger partial charge >= 0.3 is 6.09 Å². The van der Waals surface area contributed by atoms with Crippen molar-refractivity contribution < 1.29 is 9.53 Å². The van der Waals surface area contributed by atoms with Crippen molar-refractivity contribution in [3.63, 3.8) is 0 Å². The van der Waals surface area contributed by atoms with Gasteiger partial charge in [0.1, 0.15) is 6.10 Å². The van der Waals surface area contributed by atoms with Gasteiger partial charge in [-0.1, -0.05) is 0 Å². The smallest absolute Gasteiger partial charge is 0.407 e. The Hall–Kier alpha value is -0.770. The fraction of sp³-hybridized carbons (Fsp3) is 0.875. The second kappa shape index (κ2) is 2.94. The molecule has 2 fully saturated rings. The number of hydrogen-bond acceptors (Lipinski definition) is 3. The summed E-state index contributed by atoms with van der Waals surface area (Å²) in [7, 11) is 1.59. The van der Waals surface area contributed by atoms with Gasteiger partial charge in [-0.25, -0.2) is 4.79 Å². The van der Waals surface area contributed by atoms with E-state index in [-0.39, 0.29) is 12.2 Å². The van der Waals surface area contributed by atoms with Crippen LogP contribution in [-0.4, -0.2) is 43.8 Å². The summed E-state index contributed by atoms with van der Waals surface area (Å²) in [5.74, 6) is 0.585. The van der Waals surface area contributed by atoms with Crippen LogP contribution in [0.25, 0.3) is 0 Å². The molecular formula is C8H14N2O2. The average molecular weight is 170 g/mol. The molecule has 0 aromatic carbocycles. The van der Waals surface area contributed by atoms with E-state index in [0.29, 0.717) is 5.92 Å². The Bertz CT molecular complexity index is 195. The lowest BCUT2D eigenvalue weighted by Gasteiger charge is -2.21. The highest BCUT2D eigenvalue weighted by Gasteiger charge is 2.40. The van der Waals surface area contributed by atoms with Crippen molar-refractivity contribution in [2.45, 2.75) is 12.5 Å². The van der Waals surface area contributed by atoms with E-state index in [4.69, 9.17) is 4.74 Å². The van der Waals surface area contributed by atoms with Crippen LogP contribution in [0.15, 0.2) is 0 Å². The topological polar surface area (TPSA) is 41.6 Å². The summed E-state index contributed by atoms with van der Waals surface area (Å²) in [6.07, 6.45) is 1.02. The zero-order valence-electron chi connectivity index (χ0n) is 7.25. The molecule has 0 saturated carbocycles. The fourth-order valence-electron chi connectivity index (χ4n) is 2.07. The van der Waals surface area contributed by atoms with Crippen LogP contribution in [0.2, 0.25) is 0 Å². The van der Waals surface area contributed by atoms with Crippen molar-refractivity contribution in [1.82, 2.24) is 10.2 Å². The summed E-state index contributed by atoms with van der Waals surface area (Å²) in [4.78, 5) is 13.2. The van der Waals surface area contributed by atoms with Gasteiger partial charge in [-0.05, 0) is 13.0 Å². The Labute approximate surface area is 71.9 Å². The molecule has 3 atom stereocenters. The monoisotopic (exact) mass is 170 g/mol. The first-order valence-electron chi connectivity index (χ1n) is 4.40. The fourth-order valence-corrected chi connectivity index (χ4v) is 2.07. The van der Waals surface area contributed by atoms with Crippen molar-refractivity contribution in [1.29, 1.82) is 0 Å². The number of carbonyl (C=O) groups is 1. The van der Waals surface area contributed by atoms with Crippen molar-refractivity contribution >= 4 is 6.09 Å². The molecule has 2 aliphatic rings. The molecule has 68 valence electrons. The van der Waals surface area contributed by atoms with Crippen LogP contribution < -0.4 is 5.32 Å². The second-order valence-corrected chi connectivity index (χ2v) is 3.50. The molecule has 4 heteroatoms. The molecule has 12 heavy (non-hydrogen) atoms. The number of nitrogens with one attached hydrogen (secondary N) is 1. The molecule has 2 bridgehead atoms. The molecule has 2 heterocycles. The molecule has 1 N–H and O–H groups in total. The third kappa shape index (κ3) is 1.27. The maximum atomic E-state index is 10.9. The lowest BCUT2D eigenvalue weighted by Crippen LogP contribution is -2.34. The van der Waals surface area contributed by atoms with Gasteiger partial charge in [-0.3, -0.25) is 4.90 Å². The first kappa shape index (κ1) is 7.86. The molecule has 0 aliphatic carbocycles. The third-order valence-electron chi connectivity index (χ3n) is 2.74. The highest BCUT2D eigenvalue weighted by molar-refractivity contribution is 5.66. The van der Waals surface area contributed by atoms with E-state index in [1.807, 2.05) is 0 Å². The number of alkyl carbamates (subject to hydrolysis) is 1. The predicted molar refractivity (Wildman–Crippen MR) is 43.9 cm³/mol. The molecule has 1 unspecified atom stereocenters. The number of piperidine rings is 1. The van der Waals surface area contributed by atoms with Gasteiger partial charge in [0.05, 0.1) is 0 Å².